The van der Waals surface area contributed by atoms with Gasteiger partial charge in [0.2, 0.25) is 0 Å². The smallest absolute Gasteiger partial charge is 0.307 e. The van der Waals surface area contributed by atoms with Crippen molar-refractivity contribution in [3.05, 3.63) is 0 Å². The molecule has 0 aromatic carbocycles. The van der Waals surface area contributed by atoms with E-state index in [0.29, 0.717) is 6.42 Å². The Hall–Kier alpha value is -1.06. The predicted octanol–water partition coefficient (Wildman–Crippen LogP) is 4.31. The summed E-state index contributed by atoms with van der Waals surface area (Å²) < 4.78 is 5.01. The Kier molecular flexibility index (Phi) is 12.3. The molecule has 0 fully saturated rings. The first-order valence-electron chi connectivity index (χ1n) is 7.95. The number of ether oxygens (including phenoxy) is 1. The fourth-order valence-corrected chi connectivity index (χ4v) is 2.31. The van der Waals surface area contributed by atoms with Gasteiger partial charge in [-0.15, -0.1) is 0 Å². The zero-order chi connectivity index (χ0) is 15.2. The maximum Gasteiger partial charge on any atom is 0.307 e. The molecule has 4 heteroatoms. The molecule has 0 bridgehead atoms. The van der Waals surface area contributed by atoms with E-state index in [1.54, 1.807) is 0 Å². The Balaban J connectivity index is 3.53. The average molecular weight is 286 g/mol. The van der Waals surface area contributed by atoms with Gasteiger partial charge in [-0.1, -0.05) is 58.3 Å². The minimum absolute atomic E-state index is 0.0867. The van der Waals surface area contributed by atoms with E-state index in [2.05, 4.69) is 6.92 Å². The fraction of sp³-hybridized carbons (Fsp3) is 0.875. The Labute approximate surface area is 122 Å². The Bertz CT molecular complexity index is 247. The van der Waals surface area contributed by atoms with Crippen LogP contribution in [0.1, 0.15) is 84.5 Å². The number of carboxylic acid groups (broad SMARTS) is 1. The van der Waals surface area contributed by atoms with Gasteiger partial charge in [-0.2, -0.15) is 0 Å². The van der Waals surface area contributed by atoms with E-state index in [9.17, 15) is 9.59 Å². The highest BCUT2D eigenvalue weighted by Crippen LogP contribution is 2.14. The van der Waals surface area contributed by atoms with E-state index < -0.39 is 18.0 Å². The molecule has 4 nitrogen and oxygen atoms in total. The standard InChI is InChI=1S/C16H30O4/c1-3-4-5-6-7-8-9-10-11-12-15(13-16(18)19)20-14(2)17/h15H,3-13H2,1-2H3,(H,18,19)/t15-/m0/s1. The molecule has 0 radical (unpaired) electrons. The second-order valence-corrected chi connectivity index (χ2v) is 5.45. The van der Waals surface area contributed by atoms with E-state index in [1.165, 1.54) is 51.9 Å². The summed E-state index contributed by atoms with van der Waals surface area (Å²) in [7, 11) is 0. The van der Waals surface area contributed by atoms with Gasteiger partial charge in [0.05, 0.1) is 6.42 Å². The van der Waals surface area contributed by atoms with Gasteiger partial charge in [0, 0.05) is 6.92 Å². The van der Waals surface area contributed by atoms with Crippen molar-refractivity contribution in [1.82, 2.24) is 0 Å². The molecule has 0 saturated carbocycles. The summed E-state index contributed by atoms with van der Waals surface area (Å²) in [5, 5.41) is 8.75. The molecule has 1 atom stereocenters. The van der Waals surface area contributed by atoms with Crippen LogP contribution in [0.5, 0.6) is 0 Å². The number of carbonyl (C=O) groups is 2. The van der Waals surface area contributed by atoms with E-state index in [1.807, 2.05) is 0 Å². The zero-order valence-electron chi connectivity index (χ0n) is 13.0. The van der Waals surface area contributed by atoms with Gasteiger partial charge in [0.25, 0.3) is 0 Å². The van der Waals surface area contributed by atoms with Crippen molar-refractivity contribution in [2.24, 2.45) is 0 Å². The number of carbonyl (C=O) groups excluding carboxylic acids is 1. The molecule has 0 aromatic rings. The minimum atomic E-state index is -0.910. The van der Waals surface area contributed by atoms with Crippen molar-refractivity contribution in [3.63, 3.8) is 0 Å². The van der Waals surface area contributed by atoms with Gasteiger partial charge in [-0.25, -0.2) is 0 Å². The van der Waals surface area contributed by atoms with Crippen molar-refractivity contribution >= 4 is 11.9 Å². The first kappa shape index (κ1) is 18.9. The van der Waals surface area contributed by atoms with Crippen molar-refractivity contribution in [1.29, 1.82) is 0 Å². The van der Waals surface area contributed by atoms with Crippen LogP contribution in [0.15, 0.2) is 0 Å². The van der Waals surface area contributed by atoms with E-state index >= 15 is 0 Å². The molecule has 0 aliphatic heterocycles. The lowest BCUT2D eigenvalue weighted by Crippen LogP contribution is -2.20. The minimum Gasteiger partial charge on any atom is -0.481 e. The molecule has 0 aliphatic carbocycles. The lowest BCUT2D eigenvalue weighted by molar-refractivity contribution is -0.151. The topological polar surface area (TPSA) is 63.6 Å². The van der Waals surface area contributed by atoms with E-state index in [0.717, 1.165) is 12.8 Å². The number of hydrogen-bond acceptors (Lipinski definition) is 3. The summed E-state index contributed by atoms with van der Waals surface area (Å²) in [6.07, 6.45) is 11.1. The van der Waals surface area contributed by atoms with Gasteiger partial charge in [0.15, 0.2) is 0 Å². The van der Waals surface area contributed by atoms with Crippen molar-refractivity contribution in [2.45, 2.75) is 90.6 Å². The molecule has 0 amide bonds. The maximum absolute atomic E-state index is 10.9. The molecule has 0 spiro atoms. The zero-order valence-corrected chi connectivity index (χ0v) is 13.0. The highest BCUT2D eigenvalue weighted by atomic mass is 16.5. The number of hydrogen-bond donors (Lipinski definition) is 1. The summed E-state index contributed by atoms with van der Waals surface area (Å²) in [4.78, 5) is 21.5. The summed E-state index contributed by atoms with van der Waals surface area (Å²) in [5.74, 6) is -1.31. The van der Waals surface area contributed by atoms with Crippen LogP contribution >= 0.6 is 0 Å². The Morgan fingerprint density at radius 1 is 0.950 bits per heavy atom. The normalized spacial score (nSPS) is 12.1. The number of carboxylic acids is 1. The van der Waals surface area contributed by atoms with Crippen molar-refractivity contribution in [2.75, 3.05) is 0 Å². The van der Waals surface area contributed by atoms with E-state index in [-0.39, 0.29) is 6.42 Å². The Morgan fingerprint density at radius 2 is 1.45 bits per heavy atom. The highest BCUT2D eigenvalue weighted by Gasteiger charge is 2.15. The molecule has 0 saturated heterocycles. The van der Waals surface area contributed by atoms with Crippen molar-refractivity contribution < 1.29 is 19.4 Å². The monoisotopic (exact) mass is 286 g/mol. The molecule has 1 N–H and O–H groups in total. The molecule has 20 heavy (non-hydrogen) atoms. The third-order valence-corrected chi connectivity index (χ3v) is 3.36. The van der Waals surface area contributed by atoms with Crippen LogP contribution in [0.3, 0.4) is 0 Å². The quantitative estimate of drug-likeness (QED) is 0.404. The largest absolute Gasteiger partial charge is 0.481 e. The lowest BCUT2D eigenvalue weighted by atomic mass is 10.0. The maximum atomic E-state index is 10.9. The Morgan fingerprint density at radius 3 is 1.90 bits per heavy atom. The van der Waals surface area contributed by atoms with Gasteiger partial charge in [-0.3, -0.25) is 9.59 Å². The molecule has 0 heterocycles. The summed E-state index contributed by atoms with van der Waals surface area (Å²) in [6, 6.07) is 0. The summed E-state index contributed by atoms with van der Waals surface area (Å²) in [6.45, 7) is 3.54. The molecular formula is C16H30O4. The number of aliphatic carboxylic acids is 1. The van der Waals surface area contributed by atoms with Crippen molar-refractivity contribution in [3.8, 4) is 0 Å². The number of esters is 1. The second-order valence-electron chi connectivity index (χ2n) is 5.45. The van der Waals surface area contributed by atoms with Gasteiger partial charge in [-0.05, 0) is 12.8 Å². The van der Waals surface area contributed by atoms with Crippen LogP contribution in [0.25, 0.3) is 0 Å². The molecule has 118 valence electrons. The third kappa shape index (κ3) is 13.4. The van der Waals surface area contributed by atoms with Crippen LogP contribution in [0.2, 0.25) is 0 Å². The lowest BCUT2D eigenvalue weighted by Gasteiger charge is -2.14. The summed E-state index contributed by atoms with van der Waals surface area (Å²) >= 11 is 0. The summed E-state index contributed by atoms with van der Waals surface area (Å²) in [5.41, 5.74) is 0. The van der Waals surface area contributed by atoms with Crippen LogP contribution < -0.4 is 0 Å². The molecule has 0 aliphatic rings. The van der Waals surface area contributed by atoms with Gasteiger partial charge < -0.3 is 9.84 Å². The molecule has 0 rings (SSSR count). The second kappa shape index (κ2) is 12.9. The van der Waals surface area contributed by atoms with Crippen LogP contribution in [-0.2, 0) is 14.3 Å². The van der Waals surface area contributed by atoms with E-state index in [4.69, 9.17) is 9.84 Å². The highest BCUT2D eigenvalue weighted by molar-refractivity contribution is 5.69. The SMILES string of the molecule is CCCCCCCCCCC[C@@H](CC(=O)O)OC(C)=O. The van der Waals surface area contributed by atoms with Crippen LogP contribution in [-0.4, -0.2) is 23.1 Å². The van der Waals surface area contributed by atoms with Gasteiger partial charge in [0.1, 0.15) is 6.10 Å². The molecule has 0 unspecified atom stereocenters. The first-order valence-corrected chi connectivity index (χ1v) is 7.95. The molecular weight excluding hydrogens is 256 g/mol. The first-order chi connectivity index (χ1) is 9.56. The van der Waals surface area contributed by atoms with Gasteiger partial charge >= 0.3 is 11.9 Å². The number of unbranched alkanes of at least 4 members (excludes halogenated alkanes) is 8. The molecule has 0 aromatic heterocycles. The third-order valence-electron chi connectivity index (χ3n) is 3.36. The van der Waals surface area contributed by atoms with Crippen LogP contribution in [0.4, 0.5) is 0 Å². The van der Waals surface area contributed by atoms with Crippen LogP contribution in [0, 0.1) is 0 Å². The predicted molar refractivity (Wildman–Crippen MR) is 79.7 cm³/mol. The average Bonchev–Trinajstić information content (AvgIpc) is 2.35. The number of rotatable bonds is 13. The fourth-order valence-electron chi connectivity index (χ4n) is 2.31.